The highest BCUT2D eigenvalue weighted by molar-refractivity contribution is 6.04. The highest BCUT2D eigenvalue weighted by Crippen LogP contribution is 2.19. The number of rotatable bonds is 4. The Morgan fingerprint density at radius 1 is 1.04 bits per heavy atom. The van der Waals surface area contributed by atoms with E-state index in [9.17, 15) is 14.7 Å². The highest BCUT2D eigenvalue weighted by atomic mass is 16.3. The number of fused-ring (bicyclic) bond motifs is 1. The normalized spacial score (nSPS) is 19.3. The van der Waals surface area contributed by atoms with Gasteiger partial charge in [0.05, 0.1) is 12.3 Å². The van der Waals surface area contributed by atoms with Gasteiger partial charge in [-0.25, -0.2) is 4.98 Å². The van der Waals surface area contributed by atoms with Gasteiger partial charge in [-0.1, -0.05) is 12.1 Å². The maximum Gasteiger partial charge on any atom is 0.274 e. The second-order valence-corrected chi connectivity index (χ2v) is 7.09. The lowest BCUT2D eigenvalue weighted by Crippen LogP contribution is -2.38. The molecule has 0 unspecified atom stereocenters. The van der Waals surface area contributed by atoms with E-state index in [1.807, 2.05) is 18.2 Å². The number of pyridine rings is 1. The van der Waals surface area contributed by atoms with Crippen molar-refractivity contribution in [3.63, 3.8) is 0 Å². The fraction of sp³-hybridized carbons (Fsp3) is 0.286. The predicted octanol–water partition coefficient (Wildman–Crippen LogP) is 2.62. The Labute approximate surface area is 162 Å². The first-order chi connectivity index (χ1) is 13.6. The van der Waals surface area contributed by atoms with E-state index in [0.29, 0.717) is 35.4 Å². The van der Waals surface area contributed by atoms with Crippen LogP contribution in [-0.4, -0.2) is 38.5 Å². The maximum absolute atomic E-state index is 12.6. The molecular formula is C21H22N4O3. The molecule has 0 spiro atoms. The number of hydrogen-bond acceptors (Lipinski definition) is 4. The van der Waals surface area contributed by atoms with Crippen molar-refractivity contribution in [3.05, 3.63) is 66.1 Å². The van der Waals surface area contributed by atoms with E-state index < -0.39 is 0 Å². The first-order valence-electron chi connectivity index (χ1n) is 9.42. The van der Waals surface area contributed by atoms with E-state index in [1.165, 1.54) is 6.20 Å². The van der Waals surface area contributed by atoms with Gasteiger partial charge in [-0.3, -0.25) is 14.0 Å². The zero-order valence-electron chi connectivity index (χ0n) is 15.3. The SMILES string of the molecule is O=C(NC1CCC(O)CC1)c1cccc(NC(=O)c2cnc3ccccn23)c1. The molecule has 0 radical (unpaired) electrons. The molecule has 2 aromatic heterocycles. The largest absolute Gasteiger partial charge is 0.393 e. The molecule has 1 aliphatic rings. The second-order valence-electron chi connectivity index (χ2n) is 7.09. The number of benzene rings is 1. The van der Waals surface area contributed by atoms with Gasteiger partial charge in [0.15, 0.2) is 0 Å². The monoisotopic (exact) mass is 378 g/mol. The van der Waals surface area contributed by atoms with Gasteiger partial charge in [-0.15, -0.1) is 0 Å². The zero-order chi connectivity index (χ0) is 19.5. The molecule has 0 aliphatic heterocycles. The van der Waals surface area contributed by atoms with Crippen molar-refractivity contribution in [3.8, 4) is 0 Å². The van der Waals surface area contributed by atoms with Crippen LogP contribution in [-0.2, 0) is 0 Å². The minimum Gasteiger partial charge on any atom is -0.393 e. The van der Waals surface area contributed by atoms with E-state index in [2.05, 4.69) is 15.6 Å². The van der Waals surface area contributed by atoms with Crippen LogP contribution in [0, 0.1) is 0 Å². The van der Waals surface area contributed by atoms with Crippen molar-refractivity contribution >= 4 is 23.1 Å². The Hall–Kier alpha value is -3.19. The molecule has 2 heterocycles. The van der Waals surface area contributed by atoms with Crippen LogP contribution < -0.4 is 10.6 Å². The Morgan fingerprint density at radius 2 is 1.86 bits per heavy atom. The summed E-state index contributed by atoms with van der Waals surface area (Å²) in [5, 5.41) is 15.4. The molecule has 0 atom stereocenters. The number of amides is 2. The van der Waals surface area contributed by atoms with Crippen LogP contribution in [0.15, 0.2) is 54.9 Å². The van der Waals surface area contributed by atoms with Crippen molar-refractivity contribution < 1.29 is 14.7 Å². The Balaban J connectivity index is 1.44. The molecule has 2 amide bonds. The van der Waals surface area contributed by atoms with Gasteiger partial charge in [-0.05, 0) is 56.0 Å². The van der Waals surface area contributed by atoms with Gasteiger partial charge < -0.3 is 15.7 Å². The molecule has 7 heteroatoms. The number of aliphatic hydroxyl groups excluding tert-OH is 1. The van der Waals surface area contributed by atoms with E-state index in [4.69, 9.17) is 0 Å². The minimum absolute atomic E-state index is 0.0762. The van der Waals surface area contributed by atoms with E-state index in [1.54, 1.807) is 34.9 Å². The molecule has 1 fully saturated rings. The Kier molecular flexibility index (Phi) is 5.08. The van der Waals surface area contributed by atoms with Crippen LogP contribution in [0.25, 0.3) is 5.65 Å². The molecule has 3 aromatic rings. The standard InChI is InChI=1S/C21H22N4O3/c26-17-9-7-15(8-10-17)23-20(27)14-4-3-5-16(12-14)24-21(28)18-13-22-19-6-1-2-11-25(18)19/h1-6,11-13,15,17,26H,7-10H2,(H,23,27)(H,24,28). The van der Waals surface area contributed by atoms with Gasteiger partial charge >= 0.3 is 0 Å². The summed E-state index contributed by atoms with van der Waals surface area (Å²) in [6.07, 6.45) is 6.02. The van der Waals surface area contributed by atoms with Crippen LogP contribution >= 0.6 is 0 Å². The number of nitrogens with zero attached hydrogens (tertiary/aromatic N) is 2. The summed E-state index contributed by atoms with van der Waals surface area (Å²) >= 11 is 0. The number of nitrogens with one attached hydrogen (secondary N) is 2. The molecule has 1 aromatic carbocycles. The van der Waals surface area contributed by atoms with Crippen LogP contribution in [0.3, 0.4) is 0 Å². The summed E-state index contributed by atoms with van der Waals surface area (Å²) in [6.45, 7) is 0. The molecule has 4 rings (SSSR count). The van der Waals surface area contributed by atoms with Gasteiger partial charge in [-0.2, -0.15) is 0 Å². The van der Waals surface area contributed by atoms with E-state index >= 15 is 0 Å². The van der Waals surface area contributed by atoms with Gasteiger partial charge in [0.2, 0.25) is 0 Å². The summed E-state index contributed by atoms with van der Waals surface area (Å²) in [5.74, 6) is -0.468. The molecule has 144 valence electrons. The summed E-state index contributed by atoms with van der Waals surface area (Å²) in [4.78, 5) is 29.4. The number of aliphatic hydroxyl groups is 1. The van der Waals surface area contributed by atoms with Gasteiger partial charge in [0.1, 0.15) is 11.3 Å². The molecule has 7 nitrogen and oxygen atoms in total. The molecule has 1 saturated carbocycles. The summed E-state index contributed by atoms with van der Waals surface area (Å²) in [6, 6.07) is 12.5. The topological polar surface area (TPSA) is 95.7 Å². The number of imidazole rings is 1. The number of anilines is 1. The lowest BCUT2D eigenvalue weighted by Gasteiger charge is -2.26. The number of hydrogen-bond donors (Lipinski definition) is 3. The quantitative estimate of drug-likeness (QED) is 0.650. The molecule has 0 saturated heterocycles. The third-order valence-corrected chi connectivity index (χ3v) is 5.06. The van der Waals surface area contributed by atoms with Crippen LogP contribution in [0.2, 0.25) is 0 Å². The number of carbonyl (C=O) groups is 2. The van der Waals surface area contributed by atoms with Crippen LogP contribution in [0.5, 0.6) is 0 Å². The summed E-state index contributed by atoms with van der Waals surface area (Å²) in [5.41, 5.74) is 2.15. The number of carbonyl (C=O) groups excluding carboxylic acids is 2. The third kappa shape index (κ3) is 3.89. The first-order valence-corrected chi connectivity index (χ1v) is 9.42. The molecular weight excluding hydrogens is 356 g/mol. The van der Waals surface area contributed by atoms with E-state index in [-0.39, 0.29) is 24.0 Å². The summed E-state index contributed by atoms with van der Waals surface area (Å²) < 4.78 is 1.71. The predicted molar refractivity (Wildman–Crippen MR) is 105 cm³/mol. The molecule has 28 heavy (non-hydrogen) atoms. The highest BCUT2D eigenvalue weighted by Gasteiger charge is 2.21. The second kappa shape index (κ2) is 7.82. The lowest BCUT2D eigenvalue weighted by molar-refractivity contribution is 0.0867. The van der Waals surface area contributed by atoms with Crippen molar-refractivity contribution in [2.24, 2.45) is 0 Å². The zero-order valence-corrected chi connectivity index (χ0v) is 15.3. The van der Waals surface area contributed by atoms with Gasteiger partial charge in [0, 0.05) is 23.5 Å². The Bertz CT molecular complexity index is 1010. The smallest absolute Gasteiger partial charge is 0.274 e. The third-order valence-electron chi connectivity index (χ3n) is 5.06. The Morgan fingerprint density at radius 3 is 2.68 bits per heavy atom. The minimum atomic E-state index is -0.294. The van der Waals surface area contributed by atoms with Crippen molar-refractivity contribution in [2.45, 2.75) is 37.8 Å². The van der Waals surface area contributed by atoms with Crippen molar-refractivity contribution in [1.29, 1.82) is 0 Å². The van der Waals surface area contributed by atoms with Crippen LogP contribution in [0.4, 0.5) is 5.69 Å². The average Bonchev–Trinajstić information content (AvgIpc) is 3.14. The number of aromatic nitrogens is 2. The fourth-order valence-corrected chi connectivity index (χ4v) is 3.52. The van der Waals surface area contributed by atoms with Crippen molar-refractivity contribution in [2.75, 3.05) is 5.32 Å². The molecule has 0 bridgehead atoms. The first kappa shape index (κ1) is 18.2. The molecule has 1 aliphatic carbocycles. The van der Waals surface area contributed by atoms with Crippen molar-refractivity contribution in [1.82, 2.24) is 14.7 Å². The maximum atomic E-state index is 12.6. The van der Waals surface area contributed by atoms with Crippen LogP contribution in [0.1, 0.15) is 46.5 Å². The lowest BCUT2D eigenvalue weighted by atomic mass is 9.93. The molecule has 3 N–H and O–H groups in total. The fourth-order valence-electron chi connectivity index (χ4n) is 3.52. The average molecular weight is 378 g/mol. The summed E-state index contributed by atoms with van der Waals surface area (Å²) in [7, 11) is 0. The van der Waals surface area contributed by atoms with Gasteiger partial charge in [0.25, 0.3) is 11.8 Å². The van der Waals surface area contributed by atoms with E-state index in [0.717, 1.165) is 12.8 Å².